The number of carbonyl (C=O) groups excluding carboxylic acids is 2. The van der Waals surface area contributed by atoms with Crippen LogP contribution in [0.3, 0.4) is 0 Å². The molecule has 1 heterocycles. The van der Waals surface area contributed by atoms with Gasteiger partial charge in [0.25, 0.3) is 0 Å². The number of thioether (sulfide) groups is 1. The van der Waals surface area contributed by atoms with Gasteiger partial charge < -0.3 is 5.32 Å². The van der Waals surface area contributed by atoms with Gasteiger partial charge in [0.05, 0.1) is 0 Å². The Morgan fingerprint density at radius 1 is 1.15 bits per heavy atom. The number of carbonyl (C=O) groups is 2. The van der Waals surface area contributed by atoms with Crippen molar-refractivity contribution in [1.29, 1.82) is 0 Å². The second-order valence-electron chi connectivity index (χ2n) is 6.77. The van der Waals surface area contributed by atoms with E-state index >= 15 is 0 Å². The number of rotatable bonds is 10. The first-order valence-electron chi connectivity index (χ1n) is 10.00. The van der Waals surface area contributed by atoms with Gasteiger partial charge in [-0.1, -0.05) is 57.5 Å². The van der Waals surface area contributed by atoms with Crippen LogP contribution >= 0.6 is 11.8 Å². The lowest BCUT2D eigenvalue weighted by Crippen LogP contribution is -2.34. The Balaban J connectivity index is 1.98. The van der Waals surface area contributed by atoms with E-state index in [4.69, 9.17) is 0 Å². The first-order chi connectivity index (χ1) is 13.1. The van der Waals surface area contributed by atoms with E-state index in [1.165, 1.54) is 17.3 Å². The second kappa shape index (κ2) is 11.1. The second-order valence-corrected chi connectivity index (χ2v) is 7.94. The van der Waals surface area contributed by atoms with Gasteiger partial charge in [0, 0.05) is 25.2 Å². The largest absolute Gasteiger partial charge is 0.326 e. The van der Waals surface area contributed by atoms with Crippen molar-refractivity contribution in [2.24, 2.45) is 4.99 Å². The molecular weight excluding hydrogens is 358 g/mol. The number of benzene rings is 1. The van der Waals surface area contributed by atoms with Crippen LogP contribution in [0.1, 0.15) is 58.4 Å². The number of hydrogen-bond donors (Lipinski definition) is 1. The molecular formula is C21H31N3O2S. The minimum Gasteiger partial charge on any atom is -0.326 e. The van der Waals surface area contributed by atoms with Crippen LogP contribution in [-0.2, 0) is 16.0 Å². The molecule has 1 aromatic carbocycles. The van der Waals surface area contributed by atoms with Gasteiger partial charge >= 0.3 is 0 Å². The van der Waals surface area contributed by atoms with Crippen LogP contribution in [-0.4, -0.2) is 40.2 Å². The number of hydrogen-bond acceptors (Lipinski definition) is 4. The summed E-state index contributed by atoms with van der Waals surface area (Å²) < 4.78 is 0. The molecule has 2 rings (SSSR count). The molecule has 0 spiro atoms. The summed E-state index contributed by atoms with van der Waals surface area (Å²) in [5.41, 5.74) is 2.00. The van der Waals surface area contributed by atoms with Crippen molar-refractivity contribution in [1.82, 2.24) is 4.90 Å². The molecule has 27 heavy (non-hydrogen) atoms. The maximum atomic E-state index is 12.8. The van der Waals surface area contributed by atoms with Crippen molar-refractivity contribution in [3.05, 3.63) is 29.8 Å². The molecule has 5 nitrogen and oxygen atoms in total. The summed E-state index contributed by atoms with van der Waals surface area (Å²) in [5.74, 6) is -0.115. The smallest absolute Gasteiger partial charge is 0.242 e. The summed E-state index contributed by atoms with van der Waals surface area (Å²) in [5, 5.41) is 3.31. The lowest BCUT2D eigenvalue weighted by atomic mass is 10.1. The van der Waals surface area contributed by atoms with Crippen LogP contribution in [0.4, 0.5) is 5.69 Å². The summed E-state index contributed by atoms with van der Waals surface area (Å²) in [6, 6.07) is 7.84. The maximum Gasteiger partial charge on any atom is 0.242 e. The van der Waals surface area contributed by atoms with Gasteiger partial charge in [0.15, 0.2) is 5.17 Å². The highest BCUT2D eigenvalue weighted by Gasteiger charge is 2.38. The minimum atomic E-state index is -0.378. The lowest BCUT2D eigenvalue weighted by Gasteiger charge is -2.15. The molecule has 1 atom stereocenters. The van der Waals surface area contributed by atoms with Gasteiger partial charge in [-0.15, -0.1) is 0 Å². The van der Waals surface area contributed by atoms with Crippen LogP contribution in [0.25, 0.3) is 0 Å². The Hall–Kier alpha value is -1.82. The van der Waals surface area contributed by atoms with Crippen LogP contribution in [0.2, 0.25) is 0 Å². The number of aliphatic imine (C=N–C) groups is 1. The Morgan fingerprint density at radius 2 is 1.85 bits per heavy atom. The molecule has 2 amide bonds. The fourth-order valence-electron chi connectivity index (χ4n) is 2.82. The molecule has 1 aliphatic rings. The third-order valence-corrected chi connectivity index (χ3v) is 5.74. The Labute approximate surface area is 167 Å². The zero-order valence-corrected chi connectivity index (χ0v) is 17.5. The van der Waals surface area contributed by atoms with E-state index in [9.17, 15) is 9.59 Å². The summed E-state index contributed by atoms with van der Waals surface area (Å²) in [6.07, 6.45) is 5.20. The molecule has 1 aliphatic heterocycles. The van der Waals surface area contributed by atoms with Crippen molar-refractivity contribution < 1.29 is 9.59 Å². The molecule has 0 saturated carbocycles. The van der Waals surface area contributed by atoms with Gasteiger partial charge in [-0.3, -0.25) is 19.5 Å². The minimum absolute atomic E-state index is 0.0141. The van der Waals surface area contributed by atoms with E-state index in [1.807, 2.05) is 24.3 Å². The molecule has 1 saturated heterocycles. The fourth-order valence-corrected chi connectivity index (χ4v) is 4.01. The number of anilines is 1. The van der Waals surface area contributed by atoms with Gasteiger partial charge in [-0.25, -0.2) is 0 Å². The normalized spacial score (nSPS) is 18.3. The maximum absolute atomic E-state index is 12.8. The molecule has 0 bridgehead atoms. The monoisotopic (exact) mass is 389 g/mol. The standard InChI is InChI=1S/C21H31N3O2S/c1-4-7-13-22-21-24(14-8-5-2)20(26)18(27-21)15-19(25)23-17-11-9-16(6-3)10-12-17/h9-12,18H,4-8,13-15H2,1-3H3,(H,23,25). The third kappa shape index (κ3) is 6.38. The Morgan fingerprint density at radius 3 is 2.48 bits per heavy atom. The number of nitrogens with zero attached hydrogens (tertiary/aromatic N) is 2. The van der Waals surface area contributed by atoms with Gasteiger partial charge in [-0.05, 0) is 37.0 Å². The summed E-state index contributed by atoms with van der Waals surface area (Å²) in [4.78, 5) is 31.6. The van der Waals surface area contributed by atoms with Crippen molar-refractivity contribution >= 4 is 34.4 Å². The molecule has 1 unspecified atom stereocenters. The molecule has 0 radical (unpaired) electrons. The molecule has 6 heteroatoms. The summed E-state index contributed by atoms with van der Waals surface area (Å²) in [7, 11) is 0. The Kier molecular flexibility index (Phi) is 8.85. The number of aryl methyl sites for hydroxylation is 1. The van der Waals surface area contributed by atoms with E-state index in [1.54, 1.807) is 4.90 Å². The predicted molar refractivity (Wildman–Crippen MR) is 114 cm³/mol. The predicted octanol–water partition coefficient (Wildman–Crippen LogP) is 4.48. The summed E-state index contributed by atoms with van der Waals surface area (Å²) in [6.45, 7) is 7.75. The first kappa shape index (κ1) is 21.5. The van der Waals surface area contributed by atoms with E-state index in [0.717, 1.165) is 49.5 Å². The Bertz CT molecular complexity index is 658. The van der Waals surface area contributed by atoms with Crippen LogP contribution < -0.4 is 5.32 Å². The third-order valence-electron chi connectivity index (χ3n) is 4.53. The fraction of sp³-hybridized carbons (Fsp3) is 0.571. The highest BCUT2D eigenvalue weighted by molar-refractivity contribution is 8.15. The van der Waals surface area contributed by atoms with Crippen molar-refractivity contribution in [3.8, 4) is 0 Å². The van der Waals surface area contributed by atoms with Crippen molar-refractivity contribution in [2.75, 3.05) is 18.4 Å². The number of nitrogens with one attached hydrogen (secondary N) is 1. The molecule has 148 valence electrons. The van der Waals surface area contributed by atoms with E-state index in [0.29, 0.717) is 6.54 Å². The van der Waals surface area contributed by atoms with Crippen molar-refractivity contribution in [2.45, 2.75) is 64.5 Å². The average molecular weight is 390 g/mol. The number of amides is 2. The van der Waals surface area contributed by atoms with Crippen LogP contribution in [0.5, 0.6) is 0 Å². The number of amidine groups is 1. The topological polar surface area (TPSA) is 61.8 Å². The SMILES string of the molecule is CCCCN=C1SC(CC(=O)Nc2ccc(CC)cc2)C(=O)N1CCCC. The van der Waals surface area contributed by atoms with Gasteiger partial charge in [-0.2, -0.15) is 0 Å². The highest BCUT2D eigenvalue weighted by atomic mass is 32.2. The summed E-state index contributed by atoms with van der Waals surface area (Å²) >= 11 is 1.44. The quantitative estimate of drug-likeness (QED) is 0.600. The van der Waals surface area contributed by atoms with Gasteiger partial charge in [0.2, 0.25) is 11.8 Å². The van der Waals surface area contributed by atoms with Crippen LogP contribution in [0, 0.1) is 0 Å². The number of unbranched alkanes of at least 4 members (excludes halogenated alkanes) is 2. The van der Waals surface area contributed by atoms with E-state index < -0.39 is 0 Å². The van der Waals surface area contributed by atoms with Crippen molar-refractivity contribution in [3.63, 3.8) is 0 Å². The van der Waals surface area contributed by atoms with Gasteiger partial charge in [0.1, 0.15) is 5.25 Å². The first-order valence-corrected chi connectivity index (χ1v) is 10.9. The van der Waals surface area contributed by atoms with E-state index in [2.05, 4.69) is 31.1 Å². The van der Waals surface area contributed by atoms with Crippen LogP contribution in [0.15, 0.2) is 29.3 Å². The lowest BCUT2D eigenvalue weighted by molar-refractivity contribution is -0.128. The molecule has 0 aliphatic carbocycles. The van der Waals surface area contributed by atoms with E-state index in [-0.39, 0.29) is 23.5 Å². The molecule has 1 aromatic rings. The molecule has 1 fully saturated rings. The average Bonchev–Trinajstić information content (AvgIpc) is 2.95. The molecule has 1 N–H and O–H groups in total. The zero-order valence-electron chi connectivity index (χ0n) is 16.7. The molecule has 0 aromatic heterocycles. The highest BCUT2D eigenvalue weighted by Crippen LogP contribution is 2.30. The zero-order chi connectivity index (χ0) is 19.6.